The molecule has 0 aliphatic carbocycles. The number of carbonyl (C=O) groups is 2. The molecule has 0 aromatic heterocycles. The average molecular weight is 436 g/mol. The Labute approximate surface area is 180 Å². The van der Waals surface area contributed by atoms with Gasteiger partial charge in [0.05, 0.1) is 35.0 Å². The summed E-state index contributed by atoms with van der Waals surface area (Å²) >= 11 is 12.2. The first-order chi connectivity index (χ1) is 13.9. The number of halogens is 2. The summed E-state index contributed by atoms with van der Waals surface area (Å²) < 4.78 is 4.73. The Hall–Kier alpha value is -2.28. The maximum Gasteiger partial charge on any atom is 0.337 e. The fourth-order valence-electron chi connectivity index (χ4n) is 3.37. The number of nitrogens with one attached hydrogen (secondary N) is 1. The molecule has 1 heterocycles. The van der Waals surface area contributed by atoms with Crippen molar-refractivity contribution >= 4 is 46.5 Å². The molecule has 1 unspecified atom stereocenters. The quantitative estimate of drug-likeness (QED) is 0.720. The molecule has 6 nitrogen and oxygen atoms in total. The molecular formula is C21H23Cl2N3O3. The van der Waals surface area contributed by atoms with Crippen LogP contribution < -0.4 is 10.2 Å². The minimum absolute atomic E-state index is 0.150. The molecule has 3 rings (SSSR count). The second-order valence-corrected chi connectivity index (χ2v) is 7.76. The van der Waals surface area contributed by atoms with Gasteiger partial charge in [-0.15, -0.1) is 0 Å². The van der Waals surface area contributed by atoms with Gasteiger partial charge < -0.3 is 15.0 Å². The van der Waals surface area contributed by atoms with Crippen molar-refractivity contribution in [1.82, 2.24) is 4.90 Å². The molecule has 29 heavy (non-hydrogen) atoms. The van der Waals surface area contributed by atoms with E-state index in [2.05, 4.69) is 22.0 Å². The summed E-state index contributed by atoms with van der Waals surface area (Å²) in [6, 6.07) is 12.7. The number of esters is 1. The summed E-state index contributed by atoms with van der Waals surface area (Å²) in [7, 11) is 1.37. The summed E-state index contributed by atoms with van der Waals surface area (Å²) in [4.78, 5) is 28.4. The molecule has 154 valence electrons. The number of nitrogens with zero attached hydrogens (tertiary/aromatic N) is 2. The maximum absolute atomic E-state index is 12.5. The average Bonchev–Trinajstić information content (AvgIpc) is 2.72. The third kappa shape index (κ3) is 5.21. The number of para-hydroxylation sites is 1. The number of ether oxygens (including phenoxy) is 1. The number of carbonyl (C=O) groups excluding carboxylic acids is 2. The normalized spacial score (nSPS) is 17.1. The predicted molar refractivity (Wildman–Crippen MR) is 116 cm³/mol. The van der Waals surface area contributed by atoms with Gasteiger partial charge in [-0.3, -0.25) is 9.69 Å². The first kappa shape index (κ1) is 21.4. The van der Waals surface area contributed by atoms with Gasteiger partial charge >= 0.3 is 5.97 Å². The van der Waals surface area contributed by atoms with Crippen molar-refractivity contribution in [2.75, 3.05) is 43.5 Å². The molecule has 1 aliphatic rings. The van der Waals surface area contributed by atoms with Gasteiger partial charge in [0.15, 0.2) is 0 Å². The molecule has 1 fully saturated rings. The molecule has 1 atom stereocenters. The molecule has 0 bridgehead atoms. The number of hydrogen-bond acceptors (Lipinski definition) is 5. The minimum Gasteiger partial charge on any atom is -0.465 e. The minimum atomic E-state index is -0.348. The van der Waals surface area contributed by atoms with E-state index in [0.717, 1.165) is 25.3 Å². The van der Waals surface area contributed by atoms with Crippen molar-refractivity contribution in [1.29, 1.82) is 0 Å². The Morgan fingerprint density at radius 2 is 1.76 bits per heavy atom. The smallest absolute Gasteiger partial charge is 0.337 e. The van der Waals surface area contributed by atoms with Gasteiger partial charge in [-0.05, 0) is 43.3 Å². The van der Waals surface area contributed by atoms with Crippen molar-refractivity contribution in [3.05, 3.63) is 58.1 Å². The molecule has 0 spiro atoms. The van der Waals surface area contributed by atoms with E-state index in [4.69, 9.17) is 27.9 Å². The van der Waals surface area contributed by atoms with E-state index in [0.29, 0.717) is 21.3 Å². The fraction of sp³-hybridized carbons (Fsp3) is 0.333. The Kier molecular flexibility index (Phi) is 7.00. The lowest BCUT2D eigenvalue weighted by Gasteiger charge is -2.40. The van der Waals surface area contributed by atoms with Gasteiger partial charge in [0, 0.05) is 31.4 Å². The zero-order valence-electron chi connectivity index (χ0n) is 16.3. The van der Waals surface area contributed by atoms with Gasteiger partial charge in [-0.1, -0.05) is 29.3 Å². The van der Waals surface area contributed by atoms with Gasteiger partial charge in [0.2, 0.25) is 5.91 Å². The van der Waals surface area contributed by atoms with Crippen LogP contribution >= 0.6 is 23.2 Å². The standard InChI is InChI=1S/C21H23Cl2N3O3/c1-14-12-26(16-8-6-15(7-9-16)21(28)29-2)11-10-25(14)13-19(27)24-20-17(22)4-3-5-18(20)23/h3-9,14H,10-13H2,1-2H3,(H,24,27). The van der Waals surface area contributed by atoms with Crippen molar-refractivity contribution in [2.24, 2.45) is 0 Å². The van der Waals surface area contributed by atoms with Gasteiger partial charge in [-0.2, -0.15) is 0 Å². The number of hydrogen-bond donors (Lipinski definition) is 1. The molecule has 1 aliphatic heterocycles. The van der Waals surface area contributed by atoms with Crippen LogP contribution in [0.25, 0.3) is 0 Å². The number of benzene rings is 2. The maximum atomic E-state index is 12.5. The number of piperazine rings is 1. The molecule has 0 saturated carbocycles. The lowest BCUT2D eigenvalue weighted by molar-refractivity contribution is -0.117. The van der Waals surface area contributed by atoms with E-state index in [1.807, 2.05) is 12.1 Å². The van der Waals surface area contributed by atoms with Crippen molar-refractivity contribution in [3.63, 3.8) is 0 Å². The third-order valence-corrected chi connectivity index (χ3v) is 5.62. The molecule has 1 saturated heterocycles. The first-order valence-corrected chi connectivity index (χ1v) is 10.1. The molecule has 8 heteroatoms. The van der Waals surface area contributed by atoms with Crippen LogP contribution in [0, 0.1) is 0 Å². The van der Waals surface area contributed by atoms with E-state index < -0.39 is 0 Å². The summed E-state index contributed by atoms with van der Waals surface area (Å²) in [5, 5.41) is 3.64. The summed E-state index contributed by atoms with van der Waals surface area (Å²) in [6.07, 6.45) is 0. The van der Waals surface area contributed by atoms with Gasteiger partial charge in [0.1, 0.15) is 0 Å². The topological polar surface area (TPSA) is 61.9 Å². The predicted octanol–water partition coefficient (Wildman–Crippen LogP) is 3.93. The zero-order valence-corrected chi connectivity index (χ0v) is 17.8. The summed E-state index contributed by atoms with van der Waals surface area (Å²) in [5.41, 5.74) is 2.01. The molecule has 0 radical (unpaired) electrons. The first-order valence-electron chi connectivity index (χ1n) is 9.30. The highest BCUT2D eigenvalue weighted by Gasteiger charge is 2.26. The van der Waals surface area contributed by atoms with Crippen LogP contribution in [0.4, 0.5) is 11.4 Å². The monoisotopic (exact) mass is 435 g/mol. The highest BCUT2D eigenvalue weighted by atomic mass is 35.5. The highest BCUT2D eigenvalue weighted by molar-refractivity contribution is 6.39. The second kappa shape index (κ2) is 9.48. The van der Waals surface area contributed by atoms with E-state index in [1.165, 1.54) is 7.11 Å². The SMILES string of the molecule is COC(=O)c1ccc(N2CCN(CC(=O)Nc3c(Cl)cccc3Cl)C(C)C2)cc1. The van der Waals surface area contributed by atoms with E-state index >= 15 is 0 Å². The molecule has 1 amide bonds. The lowest BCUT2D eigenvalue weighted by atomic mass is 10.1. The molecule has 2 aromatic rings. The molecule has 2 aromatic carbocycles. The third-order valence-electron chi connectivity index (χ3n) is 4.99. The lowest BCUT2D eigenvalue weighted by Crippen LogP contribution is -2.53. The van der Waals surface area contributed by atoms with E-state index in [1.54, 1.807) is 30.3 Å². The zero-order chi connectivity index (χ0) is 21.0. The second-order valence-electron chi connectivity index (χ2n) is 6.95. The largest absolute Gasteiger partial charge is 0.465 e. The molecular weight excluding hydrogens is 413 g/mol. The number of anilines is 2. The van der Waals surface area contributed by atoms with Crippen molar-refractivity contribution in [3.8, 4) is 0 Å². The summed E-state index contributed by atoms with van der Waals surface area (Å²) in [6.45, 7) is 4.64. The Morgan fingerprint density at radius 1 is 1.10 bits per heavy atom. The van der Waals surface area contributed by atoms with Gasteiger partial charge in [-0.25, -0.2) is 4.79 Å². The number of rotatable bonds is 5. The Morgan fingerprint density at radius 3 is 2.34 bits per heavy atom. The van der Waals surface area contributed by atoms with Crippen LogP contribution in [0.5, 0.6) is 0 Å². The van der Waals surface area contributed by atoms with Crippen LogP contribution in [0.2, 0.25) is 10.0 Å². The van der Waals surface area contributed by atoms with Gasteiger partial charge in [0.25, 0.3) is 0 Å². The molecule has 1 N–H and O–H groups in total. The Bertz CT molecular complexity index is 869. The van der Waals surface area contributed by atoms with Crippen molar-refractivity contribution < 1.29 is 14.3 Å². The van der Waals surface area contributed by atoms with Crippen LogP contribution in [-0.2, 0) is 9.53 Å². The van der Waals surface area contributed by atoms with E-state index in [9.17, 15) is 9.59 Å². The number of methoxy groups -OCH3 is 1. The van der Waals surface area contributed by atoms with Crippen molar-refractivity contribution in [2.45, 2.75) is 13.0 Å². The van der Waals surface area contributed by atoms with E-state index in [-0.39, 0.29) is 24.5 Å². The van der Waals surface area contributed by atoms with Crippen LogP contribution in [-0.4, -0.2) is 56.1 Å². The summed E-state index contributed by atoms with van der Waals surface area (Å²) in [5.74, 6) is -0.498. The number of amides is 1. The van der Waals surface area contributed by atoms with Crippen LogP contribution in [0.15, 0.2) is 42.5 Å². The van der Waals surface area contributed by atoms with Crippen LogP contribution in [0.1, 0.15) is 17.3 Å². The highest BCUT2D eigenvalue weighted by Crippen LogP contribution is 2.29. The fourth-order valence-corrected chi connectivity index (χ4v) is 3.86. The van der Waals surface area contributed by atoms with Crippen LogP contribution in [0.3, 0.4) is 0 Å². The Balaban J connectivity index is 1.57.